The first kappa shape index (κ1) is 21.9. The summed E-state index contributed by atoms with van der Waals surface area (Å²) < 4.78 is 7.22. The Morgan fingerprint density at radius 3 is 2.66 bits per heavy atom. The minimum Gasteiger partial charge on any atom is -0.506 e. The van der Waals surface area contributed by atoms with Crippen LogP contribution in [0.25, 0.3) is 11.0 Å². The standard InChI is InChI=1S/C24H31N5O3/c1-5-32-24(31)28-10-8-18(9-11-28)26-23-27-22-16(3)12-15(2)13-20(22)29(23)14-19-21(30)7-6-17(4)25-19/h6-7,12-13,18,30H,5,8-11,14H2,1-4H3,(H,26,27). The number of aryl methyl sites for hydroxylation is 3. The molecule has 1 fully saturated rings. The van der Waals surface area contributed by atoms with Gasteiger partial charge in [-0.3, -0.25) is 4.98 Å². The maximum Gasteiger partial charge on any atom is 0.409 e. The number of likely N-dealkylation sites (tertiary alicyclic amines) is 1. The van der Waals surface area contributed by atoms with Gasteiger partial charge >= 0.3 is 6.09 Å². The summed E-state index contributed by atoms with van der Waals surface area (Å²) in [7, 11) is 0. The summed E-state index contributed by atoms with van der Waals surface area (Å²) in [4.78, 5) is 23.2. The van der Waals surface area contributed by atoms with Crippen molar-refractivity contribution in [2.75, 3.05) is 25.0 Å². The zero-order valence-electron chi connectivity index (χ0n) is 19.2. The van der Waals surface area contributed by atoms with E-state index >= 15 is 0 Å². The lowest BCUT2D eigenvalue weighted by Crippen LogP contribution is -2.42. The Kier molecular flexibility index (Phi) is 6.21. The Balaban J connectivity index is 1.63. The number of aromatic hydroxyl groups is 1. The lowest BCUT2D eigenvalue weighted by Gasteiger charge is -2.31. The summed E-state index contributed by atoms with van der Waals surface area (Å²) >= 11 is 0. The van der Waals surface area contributed by atoms with E-state index in [0.717, 1.165) is 46.6 Å². The molecule has 2 aromatic heterocycles. The number of aromatic nitrogens is 3. The van der Waals surface area contributed by atoms with Crippen LogP contribution < -0.4 is 5.32 Å². The Morgan fingerprint density at radius 2 is 1.94 bits per heavy atom. The van der Waals surface area contributed by atoms with Crippen LogP contribution in [0.2, 0.25) is 0 Å². The van der Waals surface area contributed by atoms with Gasteiger partial charge in [0.1, 0.15) is 11.4 Å². The van der Waals surface area contributed by atoms with Gasteiger partial charge in [-0.15, -0.1) is 0 Å². The van der Waals surface area contributed by atoms with Crippen molar-refractivity contribution in [1.29, 1.82) is 0 Å². The van der Waals surface area contributed by atoms with Gasteiger partial charge in [-0.25, -0.2) is 9.78 Å². The number of rotatable bonds is 5. The van der Waals surface area contributed by atoms with Gasteiger partial charge in [-0.05, 0) is 69.9 Å². The largest absolute Gasteiger partial charge is 0.506 e. The second-order valence-corrected chi connectivity index (χ2v) is 8.49. The van der Waals surface area contributed by atoms with Crippen LogP contribution in [0.1, 0.15) is 42.3 Å². The summed E-state index contributed by atoms with van der Waals surface area (Å²) in [5.74, 6) is 0.932. The molecule has 0 spiro atoms. The average molecular weight is 438 g/mol. The van der Waals surface area contributed by atoms with Crippen LogP contribution in [0.15, 0.2) is 24.3 Å². The lowest BCUT2D eigenvalue weighted by atomic mass is 10.1. The van der Waals surface area contributed by atoms with Crippen molar-refractivity contribution >= 4 is 23.1 Å². The topological polar surface area (TPSA) is 92.5 Å². The van der Waals surface area contributed by atoms with E-state index in [2.05, 4.69) is 40.8 Å². The molecule has 1 aliphatic rings. The highest BCUT2D eigenvalue weighted by molar-refractivity contribution is 5.83. The third-order valence-electron chi connectivity index (χ3n) is 5.94. The molecule has 2 N–H and O–H groups in total. The number of ether oxygens (including phenoxy) is 1. The number of nitrogens with zero attached hydrogens (tertiary/aromatic N) is 4. The number of hydrogen-bond acceptors (Lipinski definition) is 6. The molecule has 3 aromatic rings. The number of amides is 1. The predicted octanol–water partition coefficient (Wildman–Crippen LogP) is 4.14. The van der Waals surface area contributed by atoms with Gasteiger partial charge in [0.05, 0.1) is 24.2 Å². The number of hydrogen-bond donors (Lipinski definition) is 2. The molecule has 1 amide bonds. The molecule has 0 saturated carbocycles. The number of fused-ring (bicyclic) bond motifs is 1. The van der Waals surface area contributed by atoms with E-state index in [1.165, 1.54) is 0 Å². The van der Waals surface area contributed by atoms with E-state index < -0.39 is 0 Å². The third-order valence-corrected chi connectivity index (χ3v) is 5.94. The van der Waals surface area contributed by atoms with Crippen LogP contribution in [0.4, 0.5) is 10.7 Å². The molecule has 4 rings (SSSR count). The van der Waals surface area contributed by atoms with Crippen molar-refractivity contribution < 1.29 is 14.6 Å². The number of carbonyl (C=O) groups excluding carboxylic acids is 1. The van der Waals surface area contributed by atoms with E-state index in [9.17, 15) is 9.90 Å². The first-order chi connectivity index (χ1) is 15.4. The minimum absolute atomic E-state index is 0.176. The maximum atomic E-state index is 12.0. The van der Waals surface area contributed by atoms with E-state index in [1.54, 1.807) is 17.0 Å². The van der Waals surface area contributed by atoms with E-state index in [0.29, 0.717) is 31.9 Å². The van der Waals surface area contributed by atoms with Gasteiger partial charge < -0.3 is 24.6 Å². The van der Waals surface area contributed by atoms with Crippen molar-refractivity contribution in [3.8, 4) is 5.75 Å². The molecule has 0 bridgehead atoms. The molecular formula is C24H31N5O3. The number of anilines is 1. The number of benzene rings is 1. The molecule has 1 aliphatic heterocycles. The molecule has 8 heteroatoms. The number of pyridine rings is 1. The van der Waals surface area contributed by atoms with Crippen molar-refractivity contribution in [3.63, 3.8) is 0 Å². The highest BCUT2D eigenvalue weighted by Gasteiger charge is 2.25. The van der Waals surface area contributed by atoms with Gasteiger partial charge in [-0.1, -0.05) is 6.07 Å². The molecular weight excluding hydrogens is 406 g/mol. The molecule has 0 radical (unpaired) electrons. The first-order valence-electron chi connectivity index (χ1n) is 11.2. The van der Waals surface area contributed by atoms with Crippen LogP contribution >= 0.6 is 0 Å². The first-order valence-corrected chi connectivity index (χ1v) is 11.2. The van der Waals surface area contributed by atoms with Crippen LogP contribution in [0.3, 0.4) is 0 Å². The van der Waals surface area contributed by atoms with Crippen molar-refractivity contribution in [3.05, 3.63) is 46.8 Å². The molecule has 1 saturated heterocycles. The SMILES string of the molecule is CCOC(=O)N1CCC(Nc2nc3c(C)cc(C)cc3n2Cc2nc(C)ccc2O)CC1. The normalized spacial score (nSPS) is 14.7. The summed E-state index contributed by atoms with van der Waals surface area (Å²) in [6.07, 6.45) is 1.38. The number of carbonyl (C=O) groups is 1. The predicted molar refractivity (Wildman–Crippen MR) is 124 cm³/mol. The Morgan fingerprint density at radius 1 is 1.19 bits per heavy atom. The van der Waals surface area contributed by atoms with Gasteiger partial charge in [0, 0.05) is 24.8 Å². The van der Waals surface area contributed by atoms with Crippen LogP contribution in [0, 0.1) is 20.8 Å². The van der Waals surface area contributed by atoms with E-state index in [1.807, 2.05) is 13.8 Å². The number of imidazole rings is 1. The average Bonchev–Trinajstić information content (AvgIpc) is 3.09. The molecule has 3 heterocycles. The third kappa shape index (κ3) is 4.49. The quantitative estimate of drug-likeness (QED) is 0.623. The van der Waals surface area contributed by atoms with Gasteiger partial charge in [0.2, 0.25) is 5.95 Å². The highest BCUT2D eigenvalue weighted by atomic mass is 16.6. The fourth-order valence-corrected chi connectivity index (χ4v) is 4.31. The molecule has 8 nitrogen and oxygen atoms in total. The summed E-state index contributed by atoms with van der Waals surface area (Å²) in [5, 5.41) is 14.0. The van der Waals surface area contributed by atoms with Crippen molar-refractivity contribution in [2.45, 2.75) is 53.1 Å². The van der Waals surface area contributed by atoms with E-state index in [4.69, 9.17) is 9.72 Å². The van der Waals surface area contributed by atoms with Crippen LogP contribution in [0.5, 0.6) is 5.75 Å². The monoisotopic (exact) mass is 437 g/mol. The molecule has 0 aliphatic carbocycles. The molecule has 0 unspecified atom stereocenters. The molecule has 1 aromatic carbocycles. The van der Waals surface area contributed by atoms with Gasteiger partial charge in [0.25, 0.3) is 0 Å². The zero-order valence-corrected chi connectivity index (χ0v) is 19.2. The second kappa shape index (κ2) is 9.06. The smallest absolute Gasteiger partial charge is 0.409 e. The maximum absolute atomic E-state index is 12.0. The highest BCUT2D eigenvalue weighted by Crippen LogP contribution is 2.28. The van der Waals surface area contributed by atoms with Gasteiger partial charge in [-0.2, -0.15) is 0 Å². The summed E-state index contributed by atoms with van der Waals surface area (Å²) in [6.45, 7) is 9.97. The van der Waals surface area contributed by atoms with E-state index in [-0.39, 0.29) is 17.9 Å². The Labute approximate surface area is 188 Å². The Hall–Kier alpha value is -3.29. The number of nitrogens with one attached hydrogen (secondary N) is 1. The number of piperidine rings is 1. The van der Waals surface area contributed by atoms with Crippen LogP contribution in [-0.2, 0) is 11.3 Å². The fraction of sp³-hybridized carbons (Fsp3) is 0.458. The van der Waals surface area contributed by atoms with Crippen molar-refractivity contribution in [2.24, 2.45) is 0 Å². The van der Waals surface area contributed by atoms with Crippen LogP contribution in [-0.4, -0.2) is 56.4 Å². The fourth-order valence-electron chi connectivity index (χ4n) is 4.31. The second-order valence-electron chi connectivity index (χ2n) is 8.49. The van der Waals surface area contributed by atoms with Gasteiger partial charge in [0.15, 0.2) is 0 Å². The van der Waals surface area contributed by atoms with Crippen molar-refractivity contribution in [1.82, 2.24) is 19.4 Å². The Bertz CT molecular complexity index is 1130. The minimum atomic E-state index is -0.245. The summed E-state index contributed by atoms with van der Waals surface area (Å²) in [6, 6.07) is 7.93. The zero-order chi connectivity index (χ0) is 22.8. The lowest BCUT2D eigenvalue weighted by molar-refractivity contribution is 0.0983. The summed E-state index contributed by atoms with van der Waals surface area (Å²) in [5.41, 5.74) is 5.69. The molecule has 32 heavy (non-hydrogen) atoms. The molecule has 0 atom stereocenters. The molecule has 170 valence electrons.